The molecule has 1 aromatic rings. The lowest BCUT2D eigenvalue weighted by Gasteiger charge is -2.11. The van der Waals surface area contributed by atoms with E-state index in [1.807, 2.05) is 0 Å². The maximum Gasteiger partial charge on any atom is 0.339 e. The van der Waals surface area contributed by atoms with E-state index in [9.17, 15) is 9.59 Å². The SMILES string of the molecule is COc1cc(NC(=O)CCOCC2CCCO2)ccc1C(=O)O. The Morgan fingerprint density at radius 2 is 2.26 bits per heavy atom. The summed E-state index contributed by atoms with van der Waals surface area (Å²) in [5.74, 6) is -1.09. The van der Waals surface area contributed by atoms with Gasteiger partial charge < -0.3 is 24.6 Å². The second-order valence-electron chi connectivity index (χ2n) is 5.23. The molecule has 23 heavy (non-hydrogen) atoms. The number of hydrogen-bond acceptors (Lipinski definition) is 5. The minimum atomic E-state index is -1.08. The van der Waals surface area contributed by atoms with Crippen LogP contribution < -0.4 is 10.1 Å². The topological polar surface area (TPSA) is 94.1 Å². The average Bonchev–Trinajstić information content (AvgIpc) is 3.04. The number of rotatable bonds is 8. The monoisotopic (exact) mass is 323 g/mol. The zero-order chi connectivity index (χ0) is 16.7. The van der Waals surface area contributed by atoms with Crippen molar-refractivity contribution in [3.05, 3.63) is 23.8 Å². The molecule has 1 aliphatic rings. The largest absolute Gasteiger partial charge is 0.496 e. The predicted molar refractivity (Wildman–Crippen MR) is 83.0 cm³/mol. The number of carboxylic acids is 1. The lowest BCUT2D eigenvalue weighted by atomic mass is 10.2. The molecule has 1 aromatic carbocycles. The van der Waals surface area contributed by atoms with Crippen molar-refractivity contribution in [2.24, 2.45) is 0 Å². The molecule has 2 N–H and O–H groups in total. The van der Waals surface area contributed by atoms with Crippen molar-refractivity contribution in [3.8, 4) is 5.75 Å². The Bertz CT molecular complexity index is 554. The maximum absolute atomic E-state index is 11.8. The molecule has 7 heteroatoms. The van der Waals surface area contributed by atoms with Crippen molar-refractivity contribution >= 4 is 17.6 Å². The van der Waals surface area contributed by atoms with Crippen LogP contribution in [0.2, 0.25) is 0 Å². The summed E-state index contributed by atoms with van der Waals surface area (Å²) >= 11 is 0. The number of benzene rings is 1. The summed E-state index contributed by atoms with van der Waals surface area (Å²) in [6.45, 7) is 1.60. The smallest absolute Gasteiger partial charge is 0.339 e. The molecule has 1 saturated heterocycles. The van der Waals surface area contributed by atoms with Crippen molar-refractivity contribution in [1.82, 2.24) is 0 Å². The van der Waals surface area contributed by atoms with Crippen molar-refractivity contribution in [3.63, 3.8) is 0 Å². The van der Waals surface area contributed by atoms with Gasteiger partial charge in [-0.15, -0.1) is 0 Å². The fourth-order valence-electron chi connectivity index (χ4n) is 2.32. The summed E-state index contributed by atoms with van der Waals surface area (Å²) in [6, 6.07) is 4.40. The number of aromatic carboxylic acids is 1. The Hall–Kier alpha value is -2.12. The number of methoxy groups -OCH3 is 1. The van der Waals surface area contributed by atoms with Crippen molar-refractivity contribution in [2.75, 3.05) is 32.2 Å². The van der Waals surface area contributed by atoms with Crippen LogP contribution in [0.1, 0.15) is 29.6 Å². The molecule has 0 radical (unpaired) electrons. The van der Waals surface area contributed by atoms with Gasteiger partial charge in [0.2, 0.25) is 5.91 Å². The standard InChI is InChI=1S/C16H21NO6/c1-21-14-9-11(4-5-13(14)16(19)20)17-15(18)6-8-22-10-12-3-2-7-23-12/h4-5,9,12H,2-3,6-8,10H2,1H3,(H,17,18)(H,19,20). The lowest BCUT2D eigenvalue weighted by molar-refractivity contribution is -0.117. The van der Waals surface area contributed by atoms with Gasteiger partial charge in [0.1, 0.15) is 11.3 Å². The molecule has 2 rings (SSSR count). The molecule has 0 aromatic heterocycles. The van der Waals surface area contributed by atoms with Crippen molar-refractivity contribution in [1.29, 1.82) is 0 Å². The van der Waals surface area contributed by atoms with E-state index in [2.05, 4.69) is 5.32 Å². The third-order valence-corrected chi connectivity index (χ3v) is 3.52. The van der Waals surface area contributed by atoms with Gasteiger partial charge in [0.25, 0.3) is 0 Å². The van der Waals surface area contributed by atoms with Gasteiger partial charge in [0, 0.05) is 18.4 Å². The molecule has 0 bridgehead atoms. The van der Waals surface area contributed by atoms with Gasteiger partial charge in [-0.25, -0.2) is 4.79 Å². The van der Waals surface area contributed by atoms with E-state index in [4.69, 9.17) is 19.3 Å². The predicted octanol–water partition coefficient (Wildman–Crippen LogP) is 1.92. The number of carbonyl (C=O) groups is 2. The first-order valence-corrected chi connectivity index (χ1v) is 7.50. The number of ether oxygens (including phenoxy) is 3. The molecule has 1 atom stereocenters. The second kappa shape index (κ2) is 8.50. The van der Waals surface area contributed by atoms with Crippen LogP contribution in [0, 0.1) is 0 Å². The van der Waals surface area contributed by atoms with Crippen LogP contribution >= 0.6 is 0 Å². The Balaban J connectivity index is 1.77. The molecule has 1 heterocycles. The average molecular weight is 323 g/mol. The van der Waals surface area contributed by atoms with Crippen LogP contribution in [-0.4, -0.2) is 50.0 Å². The van der Waals surface area contributed by atoms with E-state index in [1.54, 1.807) is 0 Å². The minimum absolute atomic E-state index is 0.0467. The first-order valence-electron chi connectivity index (χ1n) is 7.50. The molecule has 1 amide bonds. The zero-order valence-corrected chi connectivity index (χ0v) is 13.0. The third-order valence-electron chi connectivity index (χ3n) is 3.52. The molecule has 1 fully saturated rings. The van der Waals surface area contributed by atoms with Gasteiger partial charge in [-0.3, -0.25) is 4.79 Å². The van der Waals surface area contributed by atoms with Crippen LogP contribution in [0.5, 0.6) is 5.75 Å². The molecule has 0 aliphatic carbocycles. The Morgan fingerprint density at radius 1 is 1.43 bits per heavy atom. The highest BCUT2D eigenvalue weighted by Crippen LogP contribution is 2.23. The summed E-state index contributed by atoms with van der Waals surface area (Å²) in [6.07, 6.45) is 2.42. The molecular weight excluding hydrogens is 302 g/mol. The van der Waals surface area contributed by atoms with Gasteiger partial charge in [-0.05, 0) is 25.0 Å². The third kappa shape index (κ3) is 5.22. The highest BCUT2D eigenvalue weighted by Gasteiger charge is 2.16. The Kier molecular flexibility index (Phi) is 6.37. The highest BCUT2D eigenvalue weighted by atomic mass is 16.5. The highest BCUT2D eigenvalue weighted by molar-refractivity contribution is 5.94. The Morgan fingerprint density at radius 3 is 2.91 bits per heavy atom. The number of carbonyl (C=O) groups excluding carboxylic acids is 1. The molecule has 0 saturated carbocycles. The summed E-state index contributed by atoms with van der Waals surface area (Å²) < 4.78 is 15.9. The molecule has 1 unspecified atom stereocenters. The van der Waals surface area contributed by atoms with Crippen molar-refractivity contribution < 1.29 is 28.9 Å². The number of nitrogens with one attached hydrogen (secondary N) is 1. The van der Waals surface area contributed by atoms with Gasteiger partial charge in [0.05, 0.1) is 32.8 Å². The lowest BCUT2D eigenvalue weighted by Crippen LogP contribution is -2.18. The van der Waals surface area contributed by atoms with E-state index in [0.29, 0.717) is 18.9 Å². The molecule has 1 aliphatic heterocycles. The fourth-order valence-corrected chi connectivity index (χ4v) is 2.32. The maximum atomic E-state index is 11.8. The zero-order valence-electron chi connectivity index (χ0n) is 13.0. The first-order chi connectivity index (χ1) is 11.1. The van der Waals surface area contributed by atoms with E-state index >= 15 is 0 Å². The number of hydrogen-bond donors (Lipinski definition) is 2. The first kappa shape index (κ1) is 17.2. The molecular formula is C16H21NO6. The molecule has 126 valence electrons. The van der Waals surface area contributed by atoms with E-state index < -0.39 is 5.97 Å². The van der Waals surface area contributed by atoms with Gasteiger partial charge >= 0.3 is 5.97 Å². The van der Waals surface area contributed by atoms with Crippen LogP contribution in [0.3, 0.4) is 0 Å². The van der Waals surface area contributed by atoms with Gasteiger partial charge in [-0.1, -0.05) is 0 Å². The van der Waals surface area contributed by atoms with Crippen LogP contribution in [0.25, 0.3) is 0 Å². The second-order valence-corrected chi connectivity index (χ2v) is 5.23. The van der Waals surface area contributed by atoms with Gasteiger partial charge in [0.15, 0.2) is 0 Å². The summed E-state index contributed by atoms with van der Waals surface area (Å²) in [7, 11) is 1.38. The number of anilines is 1. The van der Waals surface area contributed by atoms with E-state index in [1.165, 1.54) is 25.3 Å². The summed E-state index contributed by atoms with van der Waals surface area (Å²) in [5.41, 5.74) is 0.529. The van der Waals surface area contributed by atoms with Crippen molar-refractivity contribution in [2.45, 2.75) is 25.4 Å². The van der Waals surface area contributed by atoms with Gasteiger partial charge in [-0.2, -0.15) is 0 Å². The Labute approximate surface area is 134 Å². The van der Waals surface area contributed by atoms with E-state index in [-0.39, 0.29) is 29.7 Å². The van der Waals surface area contributed by atoms with Crippen LogP contribution in [-0.2, 0) is 14.3 Å². The fraction of sp³-hybridized carbons (Fsp3) is 0.500. The number of carboxylic acid groups (broad SMARTS) is 1. The molecule has 7 nitrogen and oxygen atoms in total. The van der Waals surface area contributed by atoms with Crippen LogP contribution in [0.15, 0.2) is 18.2 Å². The minimum Gasteiger partial charge on any atom is -0.496 e. The van der Waals surface area contributed by atoms with Crippen LogP contribution in [0.4, 0.5) is 5.69 Å². The number of amides is 1. The van der Waals surface area contributed by atoms with E-state index in [0.717, 1.165) is 19.4 Å². The summed E-state index contributed by atoms with van der Waals surface area (Å²) in [5, 5.41) is 11.7. The quantitative estimate of drug-likeness (QED) is 0.710. The molecule has 0 spiro atoms. The summed E-state index contributed by atoms with van der Waals surface area (Å²) in [4.78, 5) is 22.9. The normalized spacial score (nSPS) is 17.0.